The van der Waals surface area contributed by atoms with E-state index in [9.17, 15) is 4.39 Å². The van der Waals surface area contributed by atoms with E-state index in [0.717, 1.165) is 11.4 Å². The average Bonchev–Trinajstić information content (AvgIpc) is 2.56. The summed E-state index contributed by atoms with van der Waals surface area (Å²) in [7, 11) is 0. The maximum Gasteiger partial charge on any atom is 0.123 e. The first-order valence-electron chi connectivity index (χ1n) is 4.42. The molecule has 1 aromatic rings. The highest BCUT2D eigenvalue weighted by atomic mass is 32.2. The van der Waals surface area contributed by atoms with Crippen LogP contribution < -0.4 is 16.6 Å². The summed E-state index contributed by atoms with van der Waals surface area (Å²) in [5.41, 5.74) is 11.7. The van der Waals surface area contributed by atoms with E-state index in [0.29, 0.717) is 5.25 Å². The number of benzene rings is 1. The number of nitrogens with one attached hydrogen (secondary N) is 2. The topological polar surface area (TPSA) is 50.1 Å². The van der Waals surface area contributed by atoms with E-state index in [-0.39, 0.29) is 12.0 Å². The third-order valence-electron chi connectivity index (χ3n) is 2.07. The fourth-order valence-corrected chi connectivity index (χ4v) is 2.32. The van der Waals surface area contributed by atoms with Crippen LogP contribution in [0.2, 0.25) is 0 Å². The zero-order valence-corrected chi connectivity index (χ0v) is 8.35. The Balaban J connectivity index is 2.00. The molecule has 4 N–H and O–H groups in total. The van der Waals surface area contributed by atoms with Crippen LogP contribution in [-0.4, -0.2) is 18.0 Å². The fourth-order valence-electron chi connectivity index (χ4n) is 1.30. The van der Waals surface area contributed by atoms with Gasteiger partial charge in [-0.25, -0.2) is 9.82 Å². The summed E-state index contributed by atoms with van der Waals surface area (Å²) < 4.78 is 12.6. The van der Waals surface area contributed by atoms with Crippen LogP contribution in [-0.2, 0) is 0 Å². The Morgan fingerprint density at radius 2 is 2.07 bits per heavy atom. The Morgan fingerprint density at radius 1 is 1.36 bits per heavy atom. The molecule has 2 unspecified atom stereocenters. The molecule has 1 heterocycles. The maximum atomic E-state index is 12.6. The molecule has 1 aromatic carbocycles. The van der Waals surface area contributed by atoms with E-state index in [1.807, 2.05) is 0 Å². The standard InChI is InChI=1S/C9H12FN3S/c10-6-1-3-7(4-2-6)14-8-5-12-13-9(8)11/h1-4,8-9,12-13H,5,11H2. The quantitative estimate of drug-likeness (QED) is 0.676. The second kappa shape index (κ2) is 4.27. The van der Waals surface area contributed by atoms with E-state index < -0.39 is 0 Å². The van der Waals surface area contributed by atoms with Crippen molar-refractivity contribution >= 4 is 11.8 Å². The summed E-state index contributed by atoms with van der Waals surface area (Å²) in [5.74, 6) is -0.207. The van der Waals surface area contributed by atoms with Gasteiger partial charge in [0.15, 0.2) is 0 Å². The van der Waals surface area contributed by atoms with Crippen LogP contribution in [0.25, 0.3) is 0 Å². The molecule has 0 radical (unpaired) electrons. The Labute approximate surface area is 86.2 Å². The maximum absolute atomic E-state index is 12.6. The number of rotatable bonds is 2. The van der Waals surface area contributed by atoms with Gasteiger partial charge in [-0.1, -0.05) is 0 Å². The van der Waals surface area contributed by atoms with Gasteiger partial charge < -0.3 is 5.73 Å². The van der Waals surface area contributed by atoms with Crippen molar-refractivity contribution in [3.63, 3.8) is 0 Å². The Morgan fingerprint density at radius 3 is 2.64 bits per heavy atom. The first-order chi connectivity index (χ1) is 6.75. The average molecular weight is 213 g/mol. The van der Waals surface area contributed by atoms with Gasteiger partial charge in [-0.3, -0.25) is 5.43 Å². The molecule has 3 nitrogen and oxygen atoms in total. The lowest BCUT2D eigenvalue weighted by Gasteiger charge is -2.12. The minimum atomic E-state index is -0.207. The van der Waals surface area contributed by atoms with Crippen LogP contribution in [0.3, 0.4) is 0 Å². The van der Waals surface area contributed by atoms with Crippen LogP contribution >= 0.6 is 11.8 Å². The Bertz CT molecular complexity index is 303. The van der Waals surface area contributed by atoms with Crippen molar-refractivity contribution in [2.45, 2.75) is 16.3 Å². The molecule has 1 aliphatic heterocycles. The second-order valence-corrected chi connectivity index (χ2v) is 4.47. The van der Waals surface area contributed by atoms with Crippen LogP contribution in [0, 0.1) is 5.82 Å². The van der Waals surface area contributed by atoms with Crippen molar-refractivity contribution in [2.75, 3.05) is 6.54 Å². The molecule has 0 bridgehead atoms. The molecule has 0 saturated carbocycles. The summed E-state index contributed by atoms with van der Waals surface area (Å²) in [4.78, 5) is 1.04. The Kier molecular flexibility index (Phi) is 3.02. The second-order valence-electron chi connectivity index (χ2n) is 3.16. The molecular weight excluding hydrogens is 201 g/mol. The highest BCUT2D eigenvalue weighted by Crippen LogP contribution is 2.25. The molecule has 14 heavy (non-hydrogen) atoms. The molecule has 0 spiro atoms. The number of halogens is 1. The van der Waals surface area contributed by atoms with Crippen LogP contribution in [0.1, 0.15) is 0 Å². The van der Waals surface area contributed by atoms with Crippen molar-refractivity contribution in [1.29, 1.82) is 0 Å². The predicted molar refractivity (Wildman–Crippen MR) is 55.2 cm³/mol. The number of hydrogen-bond acceptors (Lipinski definition) is 4. The fraction of sp³-hybridized carbons (Fsp3) is 0.333. The molecule has 2 rings (SSSR count). The molecule has 76 valence electrons. The number of hydrazine groups is 1. The molecule has 5 heteroatoms. The van der Waals surface area contributed by atoms with Crippen LogP contribution in [0.15, 0.2) is 29.2 Å². The van der Waals surface area contributed by atoms with E-state index in [1.165, 1.54) is 12.1 Å². The van der Waals surface area contributed by atoms with Gasteiger partial charge >= 0.3 is 0 Å². The number of hydrogen-bond donors (Lipinski definition) is 3. The molecule has 1 fully saturated rings. The van der Waals surface area contributed by atoms with Crippen LogP contribution in [0.5, 0.6) is 0 Å². The van der Waals surface area contributed by atoms with Gasteiger partial charge in [-0.15, -0.1) is 11.8 Å². The monoisotopic (exact) mass is 213 g/mol. The van der Waals surface area contributed by atoms with E-state index in [2.05, 4.69) is 10.9 Å². The molecule has 2 atom stereocenters. The highest BCUT2D eigenvalue weighted by molar-refractivity contribution is 8.00. The lowest BCUT2D eigenvalue weighted by atomic mass is 10.3. The van der Waals surface area contributed by atoms with Crippen molar-refractivity contribution in [3.8, 4) is 0 Å². The highest BCUT2D eigenvalue weighted by Gasteiger charge is 2.23. The van der Waals surface area contributed by atoms with E-state index in [4.69, 9.17) is 5.73 Å². The van der Waals surface area contributed by atoms with Gasteiger partial charge in [0.25, 0.3) is 0 Å². The van der Waals surface area contributed by atoms with Gasteiger partial charge in [-0.05, 0) is 24.3 Å². The van der Waals surface area contributed by atoms with Crippen molar-refractivity contribution < 1.29 is 4.39 Å². The van der Waals surface area contributed by atoms with Gasteiger partial charge in [0.05, 0.1) is 11.4 Å². The molecule has 0 amide bonds. The third-order valence-corrected chi connectivity index (χ3v) is 3.38. The largest absolute Gasteiger partial charge is 0.314 e. The van der Waals surface area contributed by atoms with E-state index >= 15 is 0 Å². The lowest BCUT2D eigenvalue weighted by Crippen LogP contribution is -2.40. The summed E-state index contributed by atoms with van der Waals surface area (Å²) >= 11 is 1.65. The lowest BCUT2D eigenvalue weighted by molar-refractivity contribution is 0.577. The van der Waals surface area contributed by atoms with E-state index in [1.54, 1.807) is 23.9 Å². The van der Waals surface area contributed by atoms with Gasteiger partial charge in [0, 0.05) is 11.4 Å². The first-order valence-corrected chi connectivity index (χ1v) is 5.30. The Hall–Kier alpha value is -0.620. The summed E-state index contributed by atoms with van der Waals surface area (Å²) in [5, 5.41) is 0.292. The minimum Gasteiger partial charge on any atom is -0.314 e. The molecule has 0 aliphatic carbocycles. The van der Waals surface area contributed by atoms with Crippen molar-refractivity contribution in [1.82, 2.24) is 10.9 Å². The molecule has 1 saturated heterocycles. The summed E-state index contributed by atoms with van der Waals surface area (Å²) in [6.45, 7) is 0.823. The minimum absolute atomic E-state index is 0.0509. The van der Waals surface area contributed by atoms with Gasteiger partial charge in [0.1, 0.15) is 5.82 Å². The third kappa shape index (κ3) is 2.24. The van der Waals surface area contributed by atoms with Crippen LogP contribution in [0.4, 0.5) is 4.39 Å². The number of nitrogens with two attached hydrogens (primary N) is 1. The predicted octanol–water partition coefficient (Wildman–Crippen LogP) is 0.679. The summed E-state index contributed by atoms with van der Waals surface area (Å²) in [6, 6.07) is 6.46. The molecule has 1 aliphatic rings. The number of thioether (sulfide) groups is 1. The molecular formula is C9H12FN3S. The molecule has 0 aromatic heterocycles. The van der Waals surface area contributed by atoms with Crippen molar-refractivity contribution in [2.24, 2.45) is 5.73 Å². The zero-order chi connectivity index (χ0) is 9.97. The van der Waals surface area contributed by atoms with Gasteiger partial charge in [0.2, 0.25) is 0 Å². The first kappa shape index (κ1) is 9.92. The smallest absolute Gasteiger partial charge is 0.123 e. The van der Waals surface area contributed by atoms with Gasteiger partial charge in [-0.2, -0.15) is 0 Å². The zero-order valence-electron chi connectivity index (χ0n) is 7.53. The SMILES string of the molecule is NC1NNCC1Sc1ccc(F)cc1. The normalized spacial score (nSPS) is 26.7. The van der Waals surface area contributed by atoms with Crippen molar-refractivity contribution in [3.05, 3.63) is 30.1 Å². The summed E-state index contributed by atoms with van der Waals surface area (Å²) in [6.07, 6.45) is -0.0509.